The van der Waals surface area contributed by atoms with Crippen LogP contribution in [0.5, 0.6) is 0 Å². The van der Waals surface area contributed by atoms with Gasteiger partial charge in [0.05, 0.1) is 0 Å². The zero-order valence-corrected chi connectivity index (χ0v) is 16.2. The van der Waals surface area contributed by atoms with Gasteiger partial charge in [-0.05, 0) is 66.6 Å². The number of rotatable bonds is 4. The second-order valence-electron chi connectivity index (χ2n) is 7.25. The summed E-state index contributed by atoms with van der Waals surface area (Å²) >= 11 is 5.99. The molecule has 0 radical (unpaired) electrons. The molecule has 1 heterocycles. The SMILES string of the molecule is Cl.O=C(NCc1ccccc1-c1ccc(Cl)cc1)C1CC12CCNCC2. The number of piperidine rings is 1. The maximum Gasteiger partial charge on any atom is 0.223 e. The number of hydrogen-bond acceptors (Lipinski definition) is 2. The van der Waals surface area contributed by atoms with E-state index >= 15 is 0 Å². The quantitative estimate of drug-likeness (QED) is 0.810. The number of benzene rings is 2. The minimum atomic E-state index is 0. The molecular weight excluding hydrogens is 367 g/mol. The minimum Gasteiger partial charge on any atom is -0.352 e. The highest BCUT2D eigenvalue weighted by Gasteiger charge is 2.57. The van der Waals surface area contributed by atoms with Crippen molar-refractivity contribution in [3.8, 4) is 11.1 Å². The van der Waals surface area contributed by atoms with E-state index in [1.165, 1.54) is 0 Å². The van der Waals surface area contributed by atoms with Gasteiger partial charge in [0.1, 0.15) is 0 Å². The molecule has 0 bridgehead atoms. The maximum atomic E-state index is 12.6. The molecule has 138 valence electrons. The van der Waals surface area contributed by atoms with Gasteiger partial charge >= 0.3 is 0 Å². The molecule has 1 unspecified atom stereocenters. The van der Waals surface area contributed by atoms with Crippen LogP contribution in [0.25, 0.3) is 11.1 Å². The van der Waals surface area contributed by atoms with Gasteiger partial charge in [-0.2, -0.15) is 0 Å². The first-order valence-electron chi connectivity index (χ1n) is 9.00. The van der Waals surface area contributed by atoms with E-state index in [-0.39, 0.29) is 29.6 Å². The van der Waals surface area contributed by atoms with Crippen LogP contribution in [0, 0.1) is 11.3 Å². The van der Waals surface area contributed by atoms with Crippen LogP contribution in [0.15, 0.2) is 48.5 Å². The number of hydrogen-bond donors (Lipinski definition) is 2. The van der Waals surface area contributed by atoms with Gasteiger partial charge in [0, 0.05) is 17.5 Å². The molecule has 1 saturated carbocycles. The van der Waals surface area contributed by atoms with Gasteiger partial charge in [0.25, 0.3) is 0 Å². The molecule has 2 fully saturated rings. The average Bonchev–Trinajstić information content (AvgIpc) is 3.34. The summed E-state index contributed by atoms with van der Waals surface area (Å²) in [5.41, 5.74) is 3.69. The lowest BCUT2D eigenvalue weighted by atomic mass is 9.91. The van der Waals surface area contributed by atoms with Gasteiger partial charge in [-0.3, -0.25) is 4.79 Å². The first-order chi connectivity index (χ1) is 12.2. The molecule has 4 rings (SSSR count). The zero-order valence-electron chi connectivity index (χ0n) is 14.6. The Labute approximate surface area is 165 Å². The second-order valence-corrected chi connectivity index (χ2v) is 7.69. The van der Waals surface area contributed by atoms with Gasteiger partial charge in [0.15, 0.2) is 0 Å². The number of halogens is 2. The van der Waals surface area contributed by atoms with Crippen LogP contribution in [-0.4, -0.2) is 19.0 Å². The number of amides is 1. The van der Waals surface area contributed by atoms with Gasteiger partial charge < -0.3 is 10.6 Å². The topological polar surface area (TPSA) is 41.1 Å². The zero-order chi connectivity index (χ0) is 17.3. The third kappa shape index (κ3) is 3.90. The van der Waals surface area contributed by atoms with Crippen molar-refractivity contribution in [2.24, 2.45) is 11.3 Å². The van der Waals surface area contributed by atoms with Gasteiger partial charge in [-0.1, -0.05) is 48.0 Å². The second kappa shape index (κ2) is 7.99. The molecule has 1 saturated heterocycles. The standard InChI is InChI=1S/C21H23ClN2O.ClH/c22-17-7-5-15(6-8-17)18-4-2-1-3-16(18)14-24-20(25)19-13-21(19)9-11-23-12-10-21;/h1-8,19,23H,9-14H2,(H,24,25);1H. The van der Waals surface area contributed by atoms with E-state index < -0.39 is 0 Å². The van der Waals surface area contributed by atoms with Crippen LogP contribution in [-0.2, 0) is 11.3 Å². The fraction of sp³-hybridized carbons (Fsp3) is 0.381. The Morgan fingerprint density at radius 3 is 2.54 bits per heavy atom. The lowest BCUT2D eigenvalue weighted by molar-refractivity contribution is -0.123. The van der Waals surface area contributed by atoms with Crippen molar-refractivity contribution in [1.29, 1.82) is 0 Å². The van der Waals surface area contributed by atoms with Crippen LogP contribution < -0.4 is 10.6 Å². The van der Waals surface area contributed by atoms with E-state index in [2.05, 4.69) is 22.8 Å². The third-order valence-corrected chi connectivity index (χ3v) is 5.98. The van der Waals surface area contributed by atoms with Crippen molar-refractivity contribution >= 4 is 29.9 Å². The predicted molar refractivity (Wildman–Crippen MR) is 109 cm³/mol. The van der Waals surface area contributed by atoms with E-state index in [0.717, 1.165) is 54.1 Å². The summed E-state index contributed by atoms with van der Waals surface area (Å²) in [7, 11) is 0. The molecule has 5 heteroatoms. The minimum absolute atomic E-state index is 0. The molecule has 1 amide bonds. The molecule has 2 aliphatic rings. The molecule has 1 spiro atoms. The van der Waals surface area contributed by atoms with Crippen LogP contribution in [0.4, 0.5) is 0 Å². The van der Waals surface area contributed by atoms with Crippen molar-refractivity contribution in [2.75, 3.05) is 13.1 Å². The Morgan fingerprint density at radius 2 is 1.81 bits per heavy atom. The molecule has 1 aliphatic heterocycles. The van der Waals surface area contributed by atoms with Crippen LogP contribution in [0.1, 0.15) is 24.8 Å². The van der Waals surface area contributed by atoms with Crippen molar-refractivity contribution in [3.63, 3.8) is 0 Å². The van der Waals surface area contributed by atoms with E-state index in [1.54, 1.807) is 0 Å². The van der Waals surface area contributed by atoms with Crippen molar-refractivity contribution in [1.82, 2.24) is 10.6 Å². The van der Waals surface area contributed by atoms with E-state index in [9.17, 15) is 4.79 Å². The van der Waals surface area contributed by atoms with Gasteiger partial charge in [-0.25, -0.2) is 0 Å². The van der Waals surface area contributed by atoms with Crippen molar-refractivity contribution in [2.45, 2.75) is 25.8 Å². The largest absolute Gasteiger partial charge is 0.352 e. The summed E-state index contributed by atoms with van der Waals surface area (Å²) in [5.74, 6) is 0.421. The Morgan fingerprint density at radius 1 is 1.12 bits per heavy atom. The fourth-order valence-corrected chi connectivity index (χ4v) is 4.21. The molecule has 2 aromatic rings. The van der Waals surface area contributed by atoms with E-state index in [4.69, 9.17) is 11.6 Å². The number of carbonyl (C=O) groups excluding carboxylic acids is 1. The maximum absolute atomic E-state index is 12.6. The summed E-state index contributed by atoms with van der Waals surface area (Å²) < 4.78 is 0. The predicted octanol–water partition coefficient (Wildman–Crippen LogP) is 4.43. The first-order valence-corrected chi connectivity index (χ1v) is 9.38. The van der Waals surface area contributed by atoms with E-state index in [1.807, 2.05) is 36.4 Å². The summed E-state index contributed by atoms with van der Waals surface area (Å²) in [4.78, 5) is 12.6. The highest BCUT2D eigenvalue weighted by Crippen LogP contribution is 2.58. The molecule has 1 aliphatic carbocycles. The molecule has 0 aromatic heterocycles. The number of carbonyl (C=O) groups is 1. The lowest BCUT2D eigenvalue weighted by Crippen LogP contribution is -2.33. The van der Waals surface area contributed by atoms with Crippen molar-refractivity contribution in [3.05, 3.63) is 59.1 Å². The third-order valence-electron chi connectivity index (χ3n) is 5.73. The molecule has 2 N–H and O–H groups in total. The summed E-state index contributed by atoms with van der Waals surface area (Å²) in [5, 5.41) is 7.29. The van der Waals surface area contributed by atoms with Crippen LogP contribution in [0.2, 0.25) is 5.02 Å². The summed E-state index contributed by atoms with van der Waals surface area (Å²) in [6.07, 6.45) is 3.32. The molecule has 3 nitrogen and oxygen atoms in total. The Kier molecular flexibility index (Phi) is 5.91. The first kappa shape index (κ1) is 19.2. The lowest BCUT2D eigenvalue weighted by Gasteiger charge is -2.23. The molecule has 1 atom stereocenters. The van der Waals surface area contributed by atoms with Crippen LogP contribution in [0.3, 0.4) is 0 Å². The Hall–Kier alpha value is -1.55. The van der Waals surface area contributed by atoms with Crippen LogP contribution >= 0.6 is 24.0 Å². The highest BCUT2D eigenvalue weighted by atomic mass is 35.5. The van der Waals surface area contributed by atoms with Crippen molar-refractivity contribution < 1.29 is 4.79 Å². The fourth-order valence-electron chi connectivity index (χ4n) is 4.09. The summed E-state index contributed by atoms with van der Waals surface area (Å²) in [6, 6.07) is 16.1. The smallest absolute Gasteiger partial charge is 0.223 e. The highest BCUT2D eigenvalue weighted by molar-refractivity contribution is 6.30. The average molecular weight is 391 g/mol. The monoisotopic (exact) mass is 390 g/mol. The Balaban J connectivity index is 0.00000196. The van der Waals surface area contributed by atoms with Gasteiger partial charge in [-0.15, -0.1) is 12.4 Å². The molecule has 2 aromatic carbocycles. The molecule has 26 heavy (non-hydrogen) atoms. The Bertz CT molecular complexity index is 770. The normalized spacial score (nSPS) is 20.3. The molecular formula is C21H24Cl2N2O. The summed E-state index contributed by atoms with van der Waals surface area (Å²) in [6.45, 7) is 2.66. The van der Waals surface area contributed by atoms with E-state index in [0.29, 0.717) is 6.54 Å². The number of nitrogens with one attached hydrogen (secondary N) is 2. The van der Waals surface area contributed by atoms with Gasteiger partial charge in [0.2, 0.25) is 5.91 Å².